The predicted octanol–water partition coefficient (Wildman–Crippen LogP) is 3.69. The van der Waals surface area contributed by atoms with Gasteiger partial charge in [-0.05, 0) is 13.3 Å². The highest BCUT2D eigenvalue weighted by atomic mass is 15.3. The van der Waals surface area contributed by atoms with Gasteiger partial charge in [0.25, 0.3) is 0 Å². The van der Waals surface area contributed by atoms with Crippen LogP contribution in [0.3, 0.4) is 0 Å². The van der Waals surface area contributed by atoms with E-state index in [1.54, 1.807) is 6.33 Å². The molecule has 92 valence electrons. The predicted molar refractivity (Wildman–Crippen MR) is 71.8 cm³/mol. The maximum atomic E-state index is 4.41. The van der Waals surface area contributed by atoms with Crippen molar-refractivity contribution in [3.8, 4) is 11.4 Å². The smallest absolute Gasteiger partial charge is 0.181 e. The summed E-state index contributed by atoms with van der Waals surface area (Å²) in [5.41, 5.74) is 2.34. The van der Waals surface area contributed by atoms with Gasteiger partial charge < -0.3 is 0 Å². The van der Waals surface area contributed by atoms with E-state index in [2.05, 4.69) is 48.2 Å². The first-order chi connectivity index (χ1) is 8.29. The number of hydrogen-bond donors (Lipinski definition) is 0. The maximum absolute atomic E-state index is 4.41. The molecule has 0 radical (unpaired) electrons. The van der Waals surface area contributed by atoms with Crippen LogP contribution in [0.25, 0.3) is 11.4 Å². The minimum Gasteiger partial charge on any atom is -0.252 e. The Labute approximate surface area is 104 Å². The Kier molecular flexibility index (Phi) is 5.40. The molecule has 0 aliphatic heterocycles. The normalized spacial score (nSPS) is 9.65. The van der Waals surface area contributed by atoms with Crippen molar-refractivity contribution in [1.82, 2.24) is 14.8 Å². The lowest BCUT2D eigenvalue weighted by atomic mass is 10.1. The number of rotatable bonds is 3. The second kappa shape index (κ2) is 6.84. The number of aryl methyl sites for hydroxylation is 2. The molecule has 0 aliphatic carbocycles. The van der Waals surface area contributed by atoms with Gasteiger partial charge in [0.05, 0.1) is 0 Å². The Balaban J connectivity index is 0.000000686. The van der Waals surface area contributed by atoms with E-state index >= 15 is 0 Å². The lowest BCUT2D eigenvalue weighted by Gasteiger charge is -1.96. The van der Waals surface area contributed by atoms with Crippen LogP contribution in [-0.4, -0.2) is 14.8 Å². The molecule has 0 aliphatic rings. The van der Waals surface area contributed by atoms with Crippen LogP contribution >= 0.6 is 0 Å². The van der Waals surface area contributed by atoms with Gasteiger partial charge in [0.1, 0.15) is 6.33 Å². The Hall–Kier alpha value is -1.64. The van der Waals surface area contributed by atoms with Gasteiger partial charge in [0.2, 0.25) is 0 Å². The highest BCUT2D eigenvalue weighted by molar-refractivity contribution is 5.54. The van der Waals surface area contributed by atoms with Gasteiger partial charge in [-0.25, -0.2) is 4.98 Å². The first kappa shape index (κ1) is 13.4. The van der Waals surface area contributed by atoms with Crippen LogP contribution in [0.2, 0.25) is 0 Å². The van der Waals surface area contributed by atoms with E-state index in [4.69, 9.17) is 0 Å². The first-order valence-corrected chi connectivity index (χ1v) is 6.26. The molecule has 1 aromatic heterocycles. The summed E-state index contributed by atoms with van der Waals surface area (Å²) in [6, 6.07) is 8.27. The molecule has 2 aromatic rings. The molecule has 0 bridgehead atoms. The van der Waals surface area contributed by atoms with Crippen LogP contribution in [0.5, 0.6) is 0 Å². The molecule has 1 aromatic carbocycles. The van der Waals surface area contributed by atoms with Crippen LogP contribution < -0.4 is 0 Å². The molecule has 0 N–H and O–H groups in total. The average molecular weight is 231 g/mol. The van der Waals surface area contributed by atoms with Crippen molar-refractivity contribution in [2.24, 2.45) is 0 Å². The van der Waals surface area contributed by atoms with Crippen LogP contribution in [0.15, 0.2) is 30.6 Å². The summed E-state index contributed by atoms with van der Waals surface area (Å²) in [4.78, 5) is 4.29. The van der Waals surface area contributed by atoms with Gasteiger partial charge in [-0.3, -0.25) is 4.68 Å². The fourth-order valence-corrected chi connectivity index (χ4v) is 1.47. The number of nitrogens with zero attached hydrogens (tertiary/aromatic N) is 3. The van der Waals surface area contributed by atoms with Gasteiger partial charge in [-0.2, -0.15) is 5.10 Å². The molecule has 3 heteroatoms. The number of hydrogen-bond acceptors (Lipinski definition) is 2. The van der Waals surface area contributed by atoms with E-state index in [1.807, 2.05) is 18.5 Å². The summed E-state index contributed by atoms with van der Waals surface area (Å²) in [5, 5.41) is 4.41. The number of aromatic nitrogens is 3. The third-order valence-corrected chi connectivity index (χ3v) is 2.30. The molecular weight excluding hydrogens is 210 g/mol. The molecule has 2 rings (SSSR count). The fourth-order valence-electron chi connectivity index (χ4n) is 1.47. The molecule has 0 atom stereocenters. The summed E-state index contributed by atoms with van der Waals surface area (Å²) in [7, 11) is 0. The largest absolute Gasteiger partial charge is 0.252 e. The molecule has 0 saturated carbocycles. The molecule has 3 nitrogen and oxygen atoms in total. The monoisotopic (exact) mass is 231 g/mol. The van der Waals surface area contributed by atoms with E-state index in [1.165, 1.54) is 5.56 Å². The average Bonchev–Trinajstić information content (AvgIpc) is 2.82. The van der Waals surface area contributed by atoms with Gasteiger partial charge in [-0.15, -0.1) is 0 Å². The lowest BCUT2D eigenvalue weighted by Crippen LogP contribution is -1.96. The van der Waals surface area contributed by atoms with Crippen molar-refractivity contribution in [2.45, 2.75) is 40.7 Å². The topological polar surface area (TPSA) is 30.7 Å². The van der Waals surface area contributed by atoms with Crippen LogP contribution in [-0.2, 0) is 6.54 Å². The Morgan fingerprint density at radius 3 is 2.35 bits per heavy atom. The third-order valence-electron chi connectivity index (χ3n) is 2.30. The van der Waals surface area contributed by atoms with E-state index < -0.39 is 0 Å². The molecule has 1 heterocycles. The van der Waals surface area contributed by atoms with Crippen molar-refractivity contribution < 1.29 is 0 Å². The van der Waals surface area contributed by atoms with E-state index in [0.717, 1.165) is 24.4 Å². The summed E-state index contributed by atoms with van der Waals surface area (Å²) < 4.78 is 1.88. The molecule has 0 unspecified atom stereocenters. The zero-order chi connectivity index (χ0) is 12.7. The van der Waals surface area contributed by atoms with Crippen LogP contribution in [0.1, 0.15) is 32.8 Å². The van der Waals surface area contributed by atoms with Crippen molar-refractivity contribution in [3.05, 3.63) is 36.2 Å². The minimum atomic E-state index is 0.809. The van der Waals surface area contributed by atoms with Gasteiger partial charge in [0, 0.05) is 12.1 Å². The van der Waals surface area contributed by atoms with Gasteiger partial charge >= 0.3 is 0 Å². The van der Waals surface area contributed by atoms with Crippen molar-refractivity contribution in [2.75, 3.05) is 0 Å². The quantitative estimate of drug-likeness (QED) is 0.806. The second-order valence-corrected chi connectivity index (χ2v) is 3.70. The molecule has 0 saturated heterocycles. The Morgan fingerprint density at radius 2 is 1.76 bits per heavy atom. The summed E-state index contributed by atoms with van der Waals surface area (Å²) in [6.45, 7) is 9.14. The van der Waals surface area contributed by atoms with Gasteiger partial charge in [0.15, 0.2) is 5.82 Å². The lowest BCUT2D eigenvalue weighted by molar-refractivity contribution is 0.602. The Bertz CT molecular complexity index is 429. The first-order valence-electron chi connectivity index (χ1n) is 6.26. The van der Waals surface area contributed by atoms with E-state index in [-0.39, 0.29) is 0 Å². The standard InChI is InChI=1S/C12H15N3.C2H6/c1-3-8-15-9-13-12(14-15)11-6-4-10(2)5-7-11;1-2/h4-7,9H,3,8H2,1-2H3;1-2H3. The Morgan fingerprint density at radius 1 is 1.12 bits per heavy atom. The summed E-state index contributed by atoms with van der Waals surface area (Å²) in [6.07, 6.45) is 2.87. The molecular formula is C14H21N3. The zero-order valence-electron chi connectivity index (χ0n) is 11.1. The van der Waals surface area contributed by atoms with Crippen LogP contribution in [0.4, 0.5) is 0 Å². The number of benzene rings is 1. The van der Waals surface area contributed by atoms with Crippen molar-refractivity contribution in [3.63, 3.8) is 0 Å². The summed E-state index contributed by atoms with van der Waals surface area (Å²) in [5.74, 6) is 0.809. The molecule has 0 fully saturated rings. The fraction of sp³-hybridized carbons (Fsp3) is 0.429. The van der Waals surface area contributed by atoms with E-state index in [9.17, 15) is 0 Å². The van der Waals surface area contributed by atoms with Crippen molar-refractivity contribution >= 4 is 0 Å². The SMILES string of the molecule is CC.CCCn1cnc(-c2ccc(C)cc2)n1. The maximum Gasteiger partial charge on any atom is 0.181 e. The minimum absolute atomic E-state index is 0.809. The summed E-state index contributed by atoms with van der Waals surface area (Å²) >= 11 is 0. The van der Waals surface area contributed by atoms with Crippen molar-refractivity contribution in [1.29, 1.82) is 0 Å². The highest BCUT2D eigenvalue weighted by Gasteiger charge is 2.02. The highest BCUT2D eigenvalue weighted by Crippen LogP contribution is 2.14. The molecule has 0 amide bonds. The van der Waals surface area contributed by atoms with E-state index in [0.29, 0.717) is 0 Å². The van der Waals surface area contributed by atoms with Gasteiger partial charge in [-0.1, -0.05) is 50.6 Å². The molecule has 0 spiro atoms. The van der Waals surface area contributed by atoms with Crippen LogP contribution in [0, 0.1) is 6.92 Å². The zero-order valence-corrected chi connectivity index (χ0v) is 11.1. The third kappa shape index (κ3) is 3.70. The molecule has 17 heavy (non-hydrogen) atoms. The second-order valence-electron chi connectivity index (χ2n) is 3.70.